The number of benzene rings is 3. The molecule has 162 valence electrons. The molecule has 0 bridgehead atoms. The van der Waals surface area contributed by atoms with Crippen molar-refractivity contribution in [1.82, 2.24) is 5.01 Å². The second-order valence-corrected chi connectivity index (χ2v) is 8.46. The van der Waals surface area contributed by atoms with E-state index in [1.54, 1.807) is 25.3 Å². The van der Waals surface area contributed by atoms with E-state index >= 15 is 0 Å². The van der Waals surface area contributed by atoms with Crippen molar-refractivity contribution in [3.05, 3.63) is 65.7 Å². The van der Waals surface area contributed by atoms with Gasteiger partial charge in [-0.25, -0.2) is 5.01 Å². The molecule has 2 aliphatic heterocycles. The Bertz CT molecular complexity index is 1270. The number of amides is 1. The molecule has 0 saturated heterocycles. The van der Waals surface area contributed by atoms with E-state index in [1.165, 1.54) is 11.8 Å². The van der Waals surface area contributed by atoms with Crippen LogP contribution in [0.4, 0.5) is 0 Å². The molecule has 3 aromatic carbocycles. The van der Waals surface area contributed by atoms with Gasteiger partial charge in [0, 0.05) is 18.1 Å². The SMILES string of the molecule is COc1cc(OC)cc(C2CC(c3c(O)ccc4ccccc34)=NN2C2=NC(=O)CS2)c1. The molecule has 1 amide bonds. The fourth-order valence-corrected chi connectivity index (χ4v) is 4.88. The summed E-state index contributed by atoms with van der Waals surface area (Å²) in [4.78, 5) is 16.1. The van der Waals surface area contributed by atoms with Gasteiger partial charge in [0.25, 0.3) is 5.91 Å². The molecular formula is C24H21N3O4S. The second kappa shape index (κ2) is 8.20. The van der Waals surface area contributed by atoms with Gasteiger partial charge in [-0.05, 0) is 34.5 Å². The number of thioether (sulfide) groups is 1. The van der Waals surface area contributed by atoms with Crippen molar-refractivity contribution >= 4 is 39.3 Å². The minimum Gasteiger partial charge on any atom is -0.507 e. The Labute approximate surface area is 189 Å². The maximum Gasteiger partial charge on any atom is 0.258 e. The van der Waals surface area contributed by atoms with Crippen LogP contribution in [-0.4, -0.2) is 46.9 Å². The number of ether oxygens (including phenoxy) is 2. The summed E-state index contributed by atoms with van der Waals surface area (Å²) in [5, 5.41) is 19.9. The number of hydrogen-bond donors (Lipinski definition) is 1. The van der Waals surface area contributed by atoms with Gasteiger partial charge in [0.15, 0.2) is 5.17 Å². The van der Waals surface area contributed by atoms with Gasteiger partial charge < -0.3 is 14.6 Å². The molecular weight excluding hydrogens is 426 g/mol. The first-order valence-corrected chi connectivity index (χ1v) is 11.1. The molecule has 1 unspecified atom stereocenters. The zero-order valence-electron chi connectivity index (χ0n) is 17.6. The minimum atomic E-state index is -0.232. The summed E-state index contributed by atoms with van der Waals surface area (Å²) in [6, 6.07) is 16.9. The number of methoxy groups -OCH3 is 2. The lowest BCUT2D eigenvalue weighted by molar-refractivity contribution is -0.115. The van der Waals surface area contributed by atoms with Crippen LogP contribution in [0.3, 0.4) is 0 Å². The van der Waals surface area contributed by atoms with E-state index < -0.39 is 0 Å². The number of carbonyl (C=O) groups is 1. The normalized spacial score (nSPS) is 18.1. The number of hydrazone groups is 1. The number of hydrogen-bond acceptors (Lipinski definition) is 7. The third-order valence-electron chi connectivity index (χ3n) is 5.61. The maximum atomic E-state index is 11.9. The molecule has 0 aromatic heterocycles. The second-order valence-electron chi connectivity index (χ2n) is 7.51. The van der Waals surface area contributed by atoms with Crippen LogP contribution in [0.25, 0.3) is 10.8 Å². The van der Waals surface area contributed by atoms with Gasteiger partial charge in [-0.3, -0.25) is 4.79 Å². The topological polar surface area (TPSA) is 83.7 Å². The molecule has 2 heterocycles. The van der Waals surface area contributed by atoms with Crippen molar-refractivity contribution in [3.63, 3.8) is 0 Å². The molecule has 0 saturated carbocycles. The van der Waals surface area contributed by atoms with Crippen molar-refractivity contribution in [1.29, 1.82) is 0 Å². The van der Waals surface area contributed by atoms with Crippen molar-refractivity contribution < 1.29 is 19.4 Å². The van der Waals surface area contributed by atoms with Crippen LogP contribution in [0, 0.1) is 0 Å². The van der Waals surface area contributed by atoms with E-state index in [4.69, 9.17) is 14.6 Å². The maximum absolute atomic E-state index is 11.9. The molecule has 7 nitrogen and oxygen atoms in total. The standard InChI is InChI=1S/C24H21N3O4S/c1-30-16-9-15(10-17(11-16)31-2)20-12-19(26-27(20)24-25-22(29)13-32-24)23-18-6-4-3-5-14(18)7-8-21(23)28/h3-11,20,28H,12-13H2,1-2H3. The zero-order chi connectivity index (χ0) is 22.2. The van der Waals surface area contributed by atoms with E-state index in [9.17, 15) is 9.90 Å². The first kappa shape index (κ1) is 20.4. The smallest absolute Gasteiger partial charge is 0.258 e. The third-order valence-corrected chi connectivity index (χ3v) is 6.53. The molecule has 8 heteroatoms. The van der Waals surface area contributed by atoms with Gasteiger partial charge in [-0.15, -0.1) is 0 Å². The van der Waals surface area contributed by atoms with Crippen molar-refractivity contribution in [2.75, 3.05) is 20.0 Å². The molecule has 1 atom stereocenters. The van der Waals surface area contributed by atoms with Crippen LogP contribution in [0.2, 0.25) is 0 Å². The highest BCUT2D eigenvalue weighted by Gasteiger charge is 2.36. The predicted octanol–water partition coefficient (Wildman–Crippen LogP) is 4.34. The Balaban J connectivity index is 1.64. The molecule has 0 aliphatic carbocycles. The Morgan fingerprint density at radius 1 is 1.06 bits per heavy atom. The lowest BCUT2D eigenvalue weighted by Crippen LogP contribution is -2.23. The lowest BCUT2D eigenvalue weighted by atomic mass is 9.94. The van der Waals surface area contributed by atoms with Gasteiger partial charge in [-0.2, -0.15) is 10.1 Å². The Kier molecular flexibility index (Phi) is 5.22. The van der Waals surface area contributed by atoms with E-state index in [1.807, 2.05) is 48.5 Å². The lowest BCUT2D eigenvalue weighted by Gasteiger charge is -2.23. The summed E-state index contributed by atoms with van der Waals surface area (Å²) in [7, 11) is 3.22. The predicted molar refractivity (Wildman–Crippen MR) is 126 cm³/mol. The number of phenolic OH excluding ortho intramolecular Hbond substituents is 1. The van der Waals surface area contributed by atoms with Crippen LogP contribution in [0.1, 0.15) is 23.6 Å². The first-order valence-electron chi connectivity index (χ1n) is 10.1. The number of rotatable bonds is 4. The van der Waals surface area contributed by atoms with Gasteiger partial charge in [-0.1, -0.05) is 42.1 Å². The molecule has 0 fully saturated rings. The highest BCUT2D eigenvalue weighted by atomic mass is 32.2. The van der Waals surface area contributed by atoms with Crippen LogP contribution in [0.5, 0.6) is 17.2 Å². The quantitative estimate of drug-likeness (QED) is 0.641. The summed E-state index contributed by atoms with van der Waals surface area (Å²) in [6.45, 7) is 0. The number of aromatic hydroxyl groups is 1. The number of nitrogens with zero attached hydrogens (tertiary/aromatic N) is 3. The Hall–Kier alpha value is -3.52. The zero-order valence-corrected chi connectivity index (χ0v) is 18.4. The van der Waals surface area contributed by atoms with Crippen LogP contribution < -0.4 is 9.47 Å². The number of aliphatic imine (C=N–C) groups is 1. The minimum absolute atomic E-state index is 0.170. The number of carbonyl (C=O) groups excluding carboxylic acids is 1. The molecule has 2 aliphatic rings. The fraction of sp³-hybridized carbons (Fsp3) is 0.208. The number of fused-ring (bicyclic) bond motifs is 1. The number of amidine groups is 1. The van der Waals surface area contributed by atoms with E-state index in [-0.39, 0.29) is 17.7 Å². The van der Waals surface area contributed by atoms with E-state index in [2.05, 4.69) is 4.99 Å². The van der Waals surface area contributed by atoms with Crippen molar-refractivity contribution in [3.8, 4) is 17.2 Å². The largest absolute Gasteiger partial charge is 0.507 e. The van der Waals surface area contributed by atoms with Crippen molar-refractivity contribution in [2.24, 2.45) is 10.1 Å². The van der Waals surface area contributed by atoms with E-state index in [0.717, 1.165) is 22.0 Å². The van der Waals surface area contributed by atoms with Crippen molar-refractivity contribution in [2.45, 2.75) is 12.5 Å². The third kappa shape index (κ3) is 3.56. The van der Waals surface area contributed by atoms with Gasteiger partial charge in [0.1, 0.15) is 17.2 Å². The molecule has 0 spiro atoms. The monoisotopic (exact) mass is 447 g/mol. The average Bonchev–Trinajstić information content (AvgIpc) is 3.45. The molecule has 32 heavy (non-hydrogen) atoms. The number of phenols is 1. The van der Waals surface area contributed by atoms with Gasteiger partial charge in [0.05, 0.1) is 31.7 Å². The summed E-state index contributed by atoms with van der Waals surface area (Å²) >= 11 is 1.37. The first-order chi connectivity index (χ1) is 15.6. The Morgan fingerprint density at radius 2 is 1.81 bits per heavy atom. The molecule has 3 aromatic rings. The van der Waals surface area contributed by atoms with E-state index in [0.29, 0.717) is 34.4 Å². The molecule has 0 radical (unpaired) electrons. The summed E-state index contributed by atoms with van der Waals surface area (Å²) < 4.78 is 10.9. The van der Waals surface area contributed by atoms with Gasteiger partial charge in [0.2, 0.25) is 0 Å². The molecule has 5 rings (SSSR count). The highest BCUT2D eigenvalue weighted by Crippen LogP contribution is 2.41. The summed E-state index contributed by atoms with van der Waals surface area (Å²) in [5.41, 5.74) is 2.34. The highest BCUT2D eigenvalue weighted by molar-refractivity contribution is 8.14. The van der Waals surface area contributed by atoms with Crippen LogP contribution >= 0.6 is 11.8 Å². The average molecular weight is 448 g/mol. The summed E-state index contributed by atoms with van der Waals surface area (Å²) in [6.07, 6.45) is 0.520. The van der Waals surface area contributed by atoms with Gasteiger partial charge >= 0.3 is 0 Å². The Morgan fingerprint density at radius 3 is 2.50 bits per heavy atom. The summed E-state index contributed by atoms with van der Waals surface area (Å²) in [5.74, 6) is 1.62. The van der Waals surface area contributed by atoms with Crippen LogP contribution in [-0.2, 0) is 4.79 Å². The fourth-order valence-electron chi connectivity index (χ4n) is 4.10. The molecule has 1 N–H and O–H groups in total. The van der Waals surface area contributed by atoms with Crippen LogP contribution in [0.15, 0.2) is 64.7 Å².